The zero-order valence-corrected chi connectivity index (χ0v) is 28.7. The number of fused-ring (bicyclic) bond motifs is 1. The first kappa shape index (κ1) is 40.1. The highest BCUT2D eigenvalue weighted by molar-refractivity contribution is 6.31. The van der Waals surface area contributed by atoms with Gasteiger partial charge < -0.3 is 46.0 Å². The van der Waals surface area contributed by atoms with Gasteiger partial charge >= 0.3 is 12.3 Å². The molecule has 0 saturated carbocycles. The van der Waals surface area contributed by atoms with Crippen molar-refractivity contribution in [3.63, 3.8) is 0 Å². The molecule has 3 amide bonds. The number of nitrogen functional groups attached to an aromatic ring is 2. The fourth-order valence-corrected chi connectivity index (χ4v) is 4.31. The molecule has 16 nitrogen and oxygen atoms in total. The Morgan fingerprint density at radius 2 is 1.65 bits per heavy atom. The number of hydrogen-bond donors (Lipinski definition) is 3. The normalized spacial score (nSPS) is 11.3. The number of nitrogens with two attached hydrogens (primary N) is 2. The second kappa shape index (κ2) is 16.4. The van der Waals surface area contributed by atoms with Crippen LogP contribution < -0.4 is 31.2 Å². The van der Waals surface area contributed by atoms with Crippen molar-refractivity contribution in [1.82, 2.24) is 29.7 Å². The van der Waals surface area contributed by atoms with E-state index in [1.54, 1.807) is 52.9 Å². The van der Waals surface area contributed by atoms with Gasteiger partial charge in [-0.3, -0.25) is 9.59 Å². The van der Waals surface area contributed by atoms with E-state index in [0.29, 0.717) is 18.1 Å². The minimum Gasteiger partial charge on any atom is -0.542 e. The monoisotopic (exact) mass is 717 g/mol. The summed E-state index contributed by atoms with van der Waals surface area (Å²) >= 11 is 5.95. The molecule has 0 aliphatic carbocycles. The van der Waals surface area contributed by atoms with Gasteiger partial charge in [0.25, 0.3) is 17.6 Å². The first-order valence-corrected chi connectivity index (χ1v) is 14.9. The predicted molar refractivity (Wildman–Crippen MR) is 169 cm³/mol. The number of hydrogen-bond acceptors (Lipinski definition) is 11. The number of benzene rings is 1. The number of ether oxygens (including phenoxy) is 2. The van der Waals surface area contributed by atoms with Gasteiger partial charge in [-0.05, 0) is 39.8 Å². The van der Waals surface area contributed by atoms with Crippen LogP contribution >= 0.6 is 11.6 Å². The lowest BCUT2D eigenvalue weighted by atomic mass is 10.2. The van der Waals surface area contributed by atoms with E-state index in [2.05, 4.69) is 15.3 Å². The molecule has 0 radical (unpaired) electrons. The number of likely N-dealkylation sites (N-methyl/N-ethyl adjacent to an activating group) is 2. The van der Waals surface area contributed by atoms with Crippen molar-refractivity contribution < 1.29 is 51.5 Å². The second-order valence-corrected chi connectivity index (χ2v) is 11.8. The second-order valence-electron chi connectivity index (χ2n) is 11.4. The number of anilines is 2. The van der Waals surface area contributed by atoms with E-state index >= 15 is 0 Å². The maximum Gasteiger partial charge on any atom is 0.430 e. The van der Waals surface area contributed by atoms with Crippen molar-refractivity contribution in [2.75, 3.05) is 45.8 Å². The topological polar surface area (TPSA) is 215 Å². The molecule has 2 heterocycles. The summed E-state index contributed by atoms with van der Waals surface area (Å²) < 4.78 is 46.2. The molecule has 0 fully saturated rings. The smallest absolute Gasteiger partial charge is 0.430 e. The van der Waals surface area contributed by atoms with Crippen LogP contribution in [0.3, 0.4) is 0 Å². The Morgan fingerprint density at radius 3 is 2.18 bits per heavy atom. The summed E-state index contributed by atoms with van der Waals surface area (Å²) in [7, 11) is 4.86. The number of carboxylic acid groups (broad SMARTS) is 1. The van der Waals surface area contributed by atoms with E-state index in [-0.39, 0.29) is 54.6 Å². The minimum atomic E-state index is -5.19. The Hall–Kier alpha value is -5.07. The number of imidazole rings is 1. The maximum atomic E-state index is 13.4. The first-order chi connectivity index (χ1) is 22.6. The number of halogens is 4. The Morgan fingerprint density at radius 1 is 1.06 bits per heavy atom. The number of rotatable bonds is 10. The van der Waals surface area contributed by atoms with E-state index < -0.39 is 29.7 Å². The van der Waals surface area contributed by atoms with Crippen LogP contribution in [0.15, 0.2) is 18.2 Å². The fourth-order valence-electron chi connectivity index (χ4n) is 4.18. The van der Waals surface area contributed by atoms with E-state index in [1.807, 2.05) is 28.2 Å². The molecular formula is C29H39ClF3N9O7. The van der Waals surface area contributed by atoms with Crippen LogP contribution in [0, 0.1) is 0 Å². The average Bonchev–Trinajstić information content (AvgIpc) is 3.29. The Bertz CT molecular complexity index is 1690. The van der Waals surface area contributed by atoms with E-state index in [1.165, 1.54) is 4.90 Å². The lowest BCUT2D eigenvalue weighted by Gasteiger charge is -2.26. The number of aliphatic carboxylic acids is 1. The van der Waals surface area contributed by atoms with Gasteiger partial charge in [0.05, 0.1) is 13.7 Å². The number of aromatic nitrogens is 4. The van der Waals surface area contributed by atoms with Gasteiger partial charge in [-0.2, -0.15) is 13.2 Å². The summed E-state index contributed by atoms with van der Waals surface area (Å²) in [6.07, 6.45) is -5.66. The molecule has 0 spiro atoms. The number of amides is 3. The highest BCUT2D eigenvalue weighted by Crippen LogP contribution is 2.22. The molecule has 49 heavy (non-hydrogen) atoms. The third-order valence-electron chi connectivity index (χ3n) is 6.66. The number of methoxy groups -OCH3 is 1. The van der Waals surface area contributed by atoms with E-state index in [4.69, 9.17) is 42.4 Å². The third-order valence-corrected chi connectivity index (χ3v) is 6.94. The summed E-state index contributed by atoms with van der Waals surface area (Å²) in [4.78, 5) is 58.3. The van der Waals surface area contributed by atoms with Crippen molar-refractivity contribution in [1.29, 1.82) is 0 Å². The number of nitrogens with zero attached hydrogens (tertiary/aromatic N) is 6. The van der Waals surface area contributed by atoms with Gasteiger partial charge in [-0.25, -0.2) is 23.9 Å². The molecule has 0 unspecified atom stereocenters. The fraction of sp³-hybridized carbons (Fsp3) is 0.483. The summed E-state index contributed by atoms with van der Waals surface area (Å²) in [5.41, 5.74) is 12.3. The van der Waals surface area contributed by atoms with E-state index in [9.17, 15) is 27.6 Å². The molecule has 1 aromatic carbocycles. The summed E-state index contributed by atoms with van der Waals surface area (Å²) in [5, 5.41) is 11.5. The lowest BCUT2D eigenvalue weighted by Crippen LogP contribution is -2.48. The van der Waals surface area contributed by atoms with Crippen molar-refractivity contribution in [2.24, 2.45) is 0 Å². The summed E-state index contributed by atoms with van der Waals surface area (Å²) in [6, 6.07) is 5.53. The number of carboxylic acids is 1. The molecule has 0 saturated heterocycles. The number of nitrogens with one attached hydrogen (secondary N) is 1. The average molecular weight is 718 g/mol. The largest absolute Gasteiger partial charge is 0.542 e. The first-order valence-electron chi connectivity index (χ1n) is 14.5. The Labute approximate surface area is 284 Å². The third kappa shape index (κ3) is 11.0. The SMILES string of the molecule is CCn1c(CNC(=O)c2nc(Cl)c(N)nc2N)[n+](CC(=O)N(C)CCN(C)C(=O)OC(C)(C)C)c2ccc(OC)cc21.O=C([O-])C(F)(F)F. The van der Waals surface area contributed by atoms with Crippen molar-refractivity contribution >= 4 is 58.1 Å². The molecule has 2 aromatic heterocycles. The van der Waals surface area contributed by atoms with Crippen LogP contribution in [-0.2, 0) is 34.0 Å². The van der Waals surface area contributed by atoms with Crippen molar-refractivity contribution in [3.8, 4) is 5.75 Å². The maximum absolute atomic E-state index is 13.4. The van der Waals surface area contributed by atoms with Crippen molar-refractivity contribution in [3.05, 3.63) is 34.9 Å². The molecule has 0 bridgehead atoms. The van der Waals surface area contributed by atoms with Crippen LogP contribution in [0.2, 0.25) is 5.15 Å². The van der Waals surface area contributed by atoms with Gasteiger partial charge in [-0.1, -0.05) is 11.6 Å². The molecular weight excluding hydrogens is 679 g/mol. The molecule has 3 rings (SSSR count). The zero-order chi connectivity index (χ0) is 37.4. The minimum absolute atomic E-state index is 0.0245. The predicted octanol–water partition coefficient (Wildman–Crippen LogP) is 1.12. The van der Waals surface area contributed by atoms with Gasteiger partial charge in [0.15, 0.2) is 40.1 Å². The number of carbonyl (C=O) groups excluding carboxylic acids is 4. The molecule has 5 N–H and O–H groups in total. The van der Waals surface area contributed by atoms with E-state index in [0.717, 1.165) is 11.0 Å². The van der Waals surface area contributed by atoms with Crippen LogP contribution in [0.1, 0.15) is 44.0 Å². The highest BCUT2D eigenvalue weighted by Gasteiger charge is 2.30. The standard InChI is InChI=1S/C27H38ClN9O5.C2HF3O2/c1-8-36-18-13-16(41-7)9-10-17(18)37(15-20(38)34(5)11-12-35(6)26(40)42-27(2,3)4)19(36)14-31-25(39)21-23(29)33-24(30)22(28)32-21;3-2(4,5)1(6)7/h9-10,13H,8,11-12,14-15H2,1-7H3,(H4-,29,30,31,33,39);(H,6,7). The molecule has 20 heteroatoms. The molecule has 270 valence electrons. The van der Waals surface area contributed by atoms with Crippen LogP contribution in [0.25, 0.3) is 11.0 Å². The highest BCUT2D eigenvalue weighted by atomic mass is 35.5. The zero-order valence-electron chi connectivity index (χ0n) is 28.0. The number of alkyl halides is 3. The van der Waals surface area contributed by atoms with Crippen LogP contribution in [0.4, 0.5) is 29.6 Å². The molecule has 0 aliphatic heterocycles. The van der Waals surface area contributed by atoms with Gasteiger partial charge in [-0.15, -0.1) is 0 Å². The molecule has 0 aliphatic rings. The molecule has 0 atom stereocenters. The lowest BCUT2D eigenvalue weighted by molar-refractivity contribution is -0.668. The number of carbonyl (C=O) groups is 4. The van der Waals surface area contributed by atoms with Gasteiger partial charge in [0, 0.05) is 33.3 Å². The Kier molecular flexibility index (Phi) is 13.4. The quantitative estimate of drug-likeness (QED) is 0.253. The van der Waals surface area contributed by atoms with Crippen LogP contribution in [-0.4, -0.2) is 94.3 Å². The summed E-state index contributed by atoms with van der Waals surface area (Å²) in [5.74, 6) is -2.75. The molecule has 3 aromatic rings. The Balaban J connectivity index is 0.00000107. The summed E-state index contributed by atoms with van der Waals surface area (Å²) in [6.45, 7) is 8.46. The van der Waals surface area contributed by atoms with Gasteiger partial charge in [0.1, 0.15) is 23.9 Å². The number of aryl methyl sites for hydroxylation is 1. The van der Waals surface area contributed by atoms with Crippen molar-refractivity contribution in [2.45, 2.75) is 59.1 Å². The van der Waals surface area contributed by atoms with Gasteiger partial charge in [0.2, 0.25) is 0 Å². The van der Waals surface area contributed by atoms with Crippen LogP contribution in [0.5, 0.6) is 5.75 Å².